The van der Waals surface area contributed by atoms with Crippen LogP contribution in [0.2, 0.25) is 0 Å². The Hall–Kier alpha value is -3.00. The Morgan fingerprint density at radius 2 is 1.82 bits per heavy atom. The van der Waals surface area contributed by atoms with E-state index in [4.69, 9.17) is 0 Å². The molecule has 182 valence electrons. The summed E-state index contributed by atoms with van der Waals surface area (Å²) < 4.78 is 64.6. The number of nitrogens with one attached hydrogen (secondary N) is 2. The van der Waals surface area contributed by atoms with Crippen molar-refractivity contribution < 1.29 is 26.4 Å². The molecule has 10 nitrogen and oxygen atoms in total. The van der Waals surface area contributed by atoms with Gasteiger partial charge in [0.25, 0.3) is 11.5 Å². The predicted molar refractivity (Wildman–Crippen MR) is 114 cm³/mol. The lowest BCUT2D eigenvalue weighted by Gasteiger charge is -2.35. The lowest BCUT2D eigenvalue weighted by molar-refractivity contribution is -0.0490. The van der Waals surface area contributed by atoms with E-state index in [9.17, 15) is 31.2 Å². The third-order valence-electron chi connectivity index (χ3n) is 6.64. The van der Waals surface area contributed by atoms with Crippen molar-refractivity contribution in [2.24, 2.45) is 0 Å². The molecule has 34 heavy (non-hydrogen) atoms. The van der Waals surface area contributed by atoms with Crippen molar-refractivity contribution in [1.82, 2.24) is 24.2 Å². The van der Waals surface area contributed by atoms with Gasteiger partial charge in [0.05, 0.1) is 12.2 Å². The van der Waals surface area contributed by atoms with Crippen molar-refractivity contribution in [2.45, 2.75) is 63.3 Å². The normalized spacial score (nSPS) is 19.7. The van der Waals surface area contributed by atoms with E-state index in [0.29, 0.717) is 18.4 Å². The molecule has 0 bridgehead atoms. The van der Waals surface area contributed by atoms with Gasteiger partial charge in [-0.15, -0.1) is 0 Å². The van der Waals surface area contributed by atoms with Gasteiger partial charge in [-0.3, -0.25) is 14.2 Å². The number of fused-ring (bicyclic) bond motifs is 3. The fourth-order valence-electron chi connectivity index (χ4n) is 5.04. The number of alkyl halides is 3. The summed E-state index contributed by atoms with van der Waals surface area (Å²) in [7, 11) is -5.56. The van der Waals surface area contributed by atoms with Crippen LogP contribution in [0.4, 0.5) is 24.7 Å². The lowest BCUT2D eigenvalue weighted by atomic mass is 9.89. The summed E-state index contributed by atoms with van der Waals surface area (Å²) in [6, 6.07) is 1.49. The Labute approximate surface area is 192 Å². The molecule has 2 aliphatic heterocycles. The standard InChI is InChI=1S/C20H21F3N6O4S/c1-11-7-13(18(31)29-15(11)17(30)27-19(29)5-3-2-4-6-19)26-16-12-8-28(9-14(12)24-10-25-16)34(32,33)20(21,22)23/h7,10H,2-6,8-9H2,1H3,(H,27,30)(H,24,25,26). The molecule has 0 saturated heterocycles. The maximum atomic E-state index is 13.5. The Balaban J connectivity index is 1.54. The third kappa shape index (κ3) is 3.30. The molecule has 1 aliphatic carbocycles. The van der Waals surface area contributed by atoms with E-state index in [1.807, 2.05) is 0 Å². The van der Waals surface area contributed by atoms with Crippen LogP contribution in [0, 0.1) is 6.92 Å². The highest BCUT2D eigenvalue weighted by Gasteiger charge is 2.52. The predicted octanol–water partition coefficient (Wildman–Crippen LogP) is 2.22. The van der Waals surface area contributed by atoms with Crippen molar-refractivity contribution in [3.05, 3.63) is 45.3 Å². The first-order chi connectivity index (χ1) is 15.9. The molecule has 2 aromatic heterocycles. The summed E-state index contributed by atoms with van der Waals surface area (Å²) in [5.74, 6) is -0.282. The second kappa shape index (κ2) is 7.50. The molecule has 2 aromatic rings. The smallest absolute Gasteiger partial charge is 0.335 e. The van der Waals surface area contributed by atoms with Crippen molar-refractivity contribution in [1.29, 1.82) is 0 Å². The van der Waals surface area contributed by atoms with Crippen molar-refractivity contribution in [2.75, 3.05) is 5.32 Å². The van der Waals surface area contributed by atoms with Crippen LogP contribution in [0.1, 0.15) is 59.4 Å². The van der Waals surface area contributed by atoms with Crippen molar-refractivity contribution >= 4 is 27.4 Å². The van der Waals surface area contributed by atoms with Gasteiger partial charge in [0.15, 0.2) is 0 Å². The van der Waals surface area contributed by atoms with Gasteiger partial charge < -0.3 is 10.6 Å². The van der Waals surface area contributed by atoms with Crippen LogP contribution in [0.25, 0.3) is 0 Å². The fraction of sp³-hybridized carbons (Fsp3) is 0.500. The largest absolute Gasteiger partial charge is 0.511 e. The minimum atomic E-state index is -5.56. The number of aryl methyl sites for hydroxylation is 1. The zero-order valence-electron chi connectivity index (χ0n) is 18.1. The van der Waals surface area contributed by atoms with Crippen LogP contribution in [-0.4, -0.2) is 38.7 Å². The highest BCUT2D eigenvalue weighted by atomic mass is 32.2. The van der Waals surface area contributed by atoms with Gasteiger partial charge in [0.1, 0.15) is 29.2 Å². The quantitative estimate of drug-likeness (QED) is 0.665. The minimum Gasteiger partial charge on any atom is -0.335 e. The van der Waals surface area contributed by atoms with Crippen LogP contribution in [0.15, 0.2) is 17.2 Å². The summed E-state index contributed by atoms with van der Waals surface area (Å²) in [5, 5.41) is 5.84. The number of hydrogen-bond acceptors (Lipinski definition) is 7. The van der Waals surface area contributed by atoms with E-state index in [2.05, 4.69) is 20.6 Å². The minimum absolute atomic E-state index is 0.0388. The number of rotatable bonds is 3. The monoisotopic (exact) mass is 498 g/mol. The Bertz CT molecular complexity index is 1370. The van der Waals surface area contributed by atoms with Crippen molar-refractivity contribution in [3.63, 3.8) is 0 Å². The number of pyridine rings is 1. The van der Waals surface area contributed by atoms with Crippen LogP contribution in [0.5, 0.6) is 0 Å². The van der Waals surface area contributed by atoms with E-state index < -0.39 is 39.8 Å². The molecule has 0 unspecified atom stereocenters. The van der Waals surface area contributed by atoms with Gasteiger partial charge in [-0.05, 0) is 44.2 Å². The highest BCUT2D eigenvalue weighted by molar-refractivity contribution is 7.89. The Kier molecular flexibility index (Phi) is 5.02. The molecule has 0 aromatic carbocycles. The molecule has 5 rings (SSSR count). The zero-order chi connectivity index (χ0) is 24.5. The molecule has 0 atom stereocenters. The van der Waals surface area contributed by atoms with Gasteiger partial charge in [0, 0.05) is 12.1 Å². The number of nitrogens with zero attached hydrogens (tertiary/aromatic N) is 4. The van der Waals surface area contributed by atoms with E-state index in [0.717, 1.165) is 25.6 Å². The van der Waals surface area contributed by atoms with Crippen LogP contribution in [-0.2, 0) is 28.8 Å². The molecule has 1 amide bonds. The number of amides is 1. The summed E-state index contributed by atoms with van der Waals surface area (Å²) >= 11 is 0. The molecule has 4 heterocycles. The third-order valence-corrected chi connectivity index (χ3v) is 8.17. The molecule has 14 heteroatoms. The van der Waals surface area contributed by atoms with Crippen LogP contribution in [0.3, 0.4) is 0 Å². The topological polar surface area (TPSA) is 126 Å². The molecular weight excluding hydrogens is 477 g/mol. The van der Waals surface area contributed by atoms with E-state index in [1.54, 1.807) is 6.92 Å². The first kappa shape index (κ1) is 22.8. The molecular formula is C20H21F3N6O4S. The number of carbonyl (C=O) groups is 1. The SMILES string of the molecule is Cc1cc(Nc2ncnc3c2CN(S(=O)(=O)C(F)(F)F)C3)c(=O)n2c1C(=O)NC21CCCCC1. The van der Waals surface area contributed by atoms with E-state index in [1.165, 1.54) is 10.6 Å². The number of sulfonamides is 1. The number of anilines is 2. The molecule has 2 N–H and O–H groups in total. The molecule has 3 aliphatic rings. The van der Waals surface area contributed by atoms with Gasteiger partial charge in [-0.1, -0.05) is 6.42 Å². The van der Waals surface area contributed by atoms with Crippen LogP contribution >= 0.6 is 0 Å². The summed E-state index contributed by atoms with van der Waals surface area (Å²) in [4.78, 5) is 34.2. The van der Waals surface area contributed by atoms with E-state index >= 15 is 0 Å². The number of hydrogen-bond donors (Lipinski definition) is 2. The summed E-state index contributed by atoms with van der Waals surface area (Å²) in [6.45, 7) is 0.549. The average Bonchev–Trinajstić information content (AvgIpc) is 3.32. The molecule has 1 saturated carbocycles. The average molecular weight is 498 g/mol. The van der Waals surface area contributed by atoms with Crippen molar-refractivity contribution in [3.8, 4) is 0 Å². The number of aromatic nitrogens is 3. The highest BCUT2D eigenvalue weighted by Crippen LogP contribution is 2.38. The fourth-order valence-corrected chi connectivity index (χ4v) is 5.92. The summed E-state index contributed by atoms with van der Waals surface area (Å²) in [6.07, 6.45) is 5.03. The van der Waals surface area contributed by atoms with Crippen LogP contribution < -0.4 is 16.2 Å². The molecule has 1 fully saturated rings. The second-order valence-electron chi connectivity index (χ2n) is 8.77. The Morgan fingerprint density at radius 3 is 2.50 bits per heavy atom. The van der Waals surface area contributed by atoms with Gasteiger partial charge in [0.2, 0.25) is 0 Å². The van der Waals surface area contributed by atoms with Gasteiger partial charge in [-0.2, -0.15) is 17.5 Å². The number of halogens is 3. The van der Waals surface area contributed by atoms with Gasteiger partial charge in [-0.25, -0.2) is 18.4 Å². The Morgan fingerprint density at radius 1 is 1.12 bits per heavy atom. The molecule has 0 radical (unpaired) electrons. The second-order valence-corrected chi connectivity index (χ2v) is 10.7. The van der Waals surface area contributed by atoms with Gasteiger partial charge >= 0.3 is 15.5 Å². The molecule has 1 spiro atoms. The zero-order valence-corrected chi connectivity index (χ0v) is 18.9. The first-order valence-electron chi connectivity index (χ1n) is 10.7. The lowest BCUT2D eigenvalue weighted by Crippen LogP contribution is -2.48. The maximum absolute atomic E-state index is 13.5. The summed E-state index contributed by atoms with van der Waals surface area (Å²) in [5.41, 5.74) is -5.54. The first-order valence-corrected chi connectivity index (χ1v) is 12.1. The van der Waals surface area contributed by atoms with E-state index in [-0.39, 0.29) is 38.7 Å². The maximum Gasteiger partial charge on any atom is 0.511 e. The number of carbonyl (C=O) groups excluding carboxylic acids is 1.